The summed E-state index contributed by atoms with van der Waals surface area (Å²) >= 11 is 0. The van der Waals surface area contributed by atoms with Gasteiger partial charge in [0, 0.05) is 24.3 Å². The fourth-order valence-electron chi connectivity index (χ4n) is 2.06. The van der Waals surface area contributed by atoms with Crippen LogP contribution < -0.4 is 10.1 Å². The highest BCUT2D eigenvalue weighted by Crippen LogP contribution is 2.18. The van der Waals surface area contributed by atoms with E-state index in [-0.39, 0.29) is 11.7 Å². The molecule has 3 nitrogen and oxygen atoms in total. The van der Waals surface area contributed by atoms with E-state index < -0.39 is 0 Å². The van der Waals surface area contributed by atoms with Crippen molar-refractivity contribution in [2.45, 2.75) is 71.9 Å². The highest BCUT2D eigenvalue weighted by Gasteiger charge is 2.10. The number of nitrogens with zero attached hydrogens (tertiary/aromatic N) is 1. The van der Waals surface area contributed by atoms with Crippen LogP contribution in [0.1, 0.15) is 64.9 Å². The third kappa shape index (κ3) is 7.42. The fraction of sp³-hybridized carbons (Fsp3) is 0.706. The monoisotopic (exact) mass is 296 g/mol. The van der Waals surface area contributed by atoms with Gasteiger partial charge >= 0.3 is 0 Å². The molecule has 0 amide bonds. The van der Waals surface area contributed by atoms with E-state index in [4.69, 9.17) is 4.74 Å². The Hall–Kier alpha value is -1.16. The van der Waals surface area contributed by atoms with E-state index in [0.717, 1.165) is 12.8 Å². The molecule has 4 heteroatoms. The first-order valence-corrected chi connectivity index (χ1v) is 8.14. The topological polar surface area (TPSA) is 34.1 Å². The highest BCUT2D eigenvalue weighted by atomic mass is 19.1. The van der Waals surface area contributed by atoms with Crippen LogP contribution in [0.15, 0.2) is 12.3 Å². The van der Waals surface area contributed by atoms with E-state index in [1.807, 2.05) is 13.8 Å². The molecule has 0 aliphatic heterocycles. The fourth-order valence-corrected chi connectivity index (χ4v) is 2.06. The second-order valence-electron chi connectivity index (χ2n) is 5.74. The third-order valence-electron chi connectivity index (χ3n) is 3.37. The Bertz CT molecular complexity index is 396. The standard InChI is InChI=1S/C17H29FN2O/c1-4-5-6-7-8-9-12-21-17-16(18)15(10-11-19-17)13-20-14(2)3/h10-11,14,20H,4-9,12-13H2,1-3H3. The zero-order chi connectivity index (χ0) is 15.5. The van der Waals surface area contributed by atoms with Gasteiger partial charge in [-0.05, 0) is 12.5 Å². The van der Waals surface area contributed by atoms with E-state index in [2.05, 4.69) is 17.2 Å². The lowest BCUT2D eigenvalue weighted by Gasteiger charge is -2.11. The number of hydrogen-bond acceptors (Lipinski definition) is 3. The van der Waals surface area contributed by atoms with Crippen molar-refractivity contribution in [3.8, 4) is 5.88 Å². The number of unbranched alkanes of at least 4 members (excludes halogenated alkanes) is 5. The summed E-state index contributed by atoms with van der Waals surface area (Å²) < 4.78 is 19.6. The predicted octanol–water partition coefficient (Wildman–Crippen LogP) is 4.46. The molecule has 1 N–H and O–H groups in total. The molecule has 0 fully saturated rings. The van der Waals surface area contributed by atoms with Crippen LogP contribution in [0.25, 0.3) is 0 Å². The lowest BCUT2D eigenvalue weighted by atomic mass is 10.1. The zero-order valence-corrected chi connectivity index (χ0v) is 13.6. The minimum absolute atomic E-state index is 0.131. The smallest absolute Gasteiger partial charge is 0.250 e. The van der Waals surface area contributed by atoms with Gasteiger partial charge in [0.1, 0.15) is 0 Å². The molecule has 0 unspecified atom stereocenters. The zero-order valence-electron chi connectivity index (χ0n) is 13.6. The molecule has 1 heterocycles. The van der Waals surface area contributed by atoms with Crippen molar-refractivity contribution in [2.24, 2.45) is 0 Å². The number of pyridine rings is 1. The number of aromatic nitrogens is 1. The van der Waals surface area contributed by atoms with Crippen molar-refractivity contribution in [3.05, 3.63) is 23.6 Å². The Morgan fingerprint density at radius 1 is 1.19 bits per heavy atom. The van der Waals surface area contributed by atoms with Gasteiger partial charge in [-0.25, -0.2) is 9.37 Å². The predicted molar refractivity (Wildman–Crippen MR) is 85.0 cm³/mol. The summed E-state index contributed by atoms with van der Waals surface area (Å²) in [4.78, 5) is 3.99. The van der Waals surface area contributed by atoms with Gasteiger partial charge in [-0.1, -0.05) is 52.9 Å². The first kappa shape index (κ1) is 17.9. The summed E-state index contributed by atoms with van der Waals surface area (Å²) in [6.45, 7) is 7.32. The molecule has 1 aromatic heterocycles. The minimum Gasteiger partial charge on any atom is -0.476 e. The Labute approximate surface area is 128 Å². The molecule has 0 aliphatic rings. The lowest BCUT2D eigenvalue weighted by Crippen LogP contribution is -2.22. The molecule has 120 valence electrons. The maximum absolute atomic E-state index is 14.2. The summed E-state index contributed by atoms with van der Waals surface area (Å²) in [6, 6.07) is 2.02. The van der Waals surface area contributed by atoms with Crippen LogP contribution in [0.3, 0.4) is 0 Å². The van der Waals surface area contributed by atoms with Crippen LogP contribution in [0.4, 0.5) is 4.39 Å². The molecule has 0 radical (unpaired) electrons. The third-order valence-corrected chi connectivity index (χ3v) is 3.37. The van der Waals surface area contributed by atoms with Crippen molar-refractivity contribution in [1.29, 1.82) is 0 Å². The average molecular weight is 296 g/mol. The van der Waals surface area contributed by atoms with E-state index in [1.165, 1.54) is 25.7 Å². The van der Waals surface area contributed by atoms with Crippen LogP contribution in [0, 0.1) is 5.82 Å². The Morgan fingerprint density at radius 2 is 1.90 bits per heavy atom. The Balaban J connectivity index is 2.32. The number of rotatable bonds is 11. The first-order valence-electron chi connectivity index (χ1n) is 8.14. The maximum Gasteiger partial charge on any atom is 0.250 e. The Kier molecular flexibility index (Phi) is 8.99. The summed E-state index contributed by atoms with van der Waals surface area (Å²) in [5.74, 6) is -0.205. The second-order valence-corrected chi connectivity index (χ2v) is 5.74. The van der Waals surface area contributed by atoms with Gasteiger partial charge in [0.15, 0.2) is 5.82 Å². The molecule has 1 rings (SSSR count). The van der Waals surface area contributed by atoms with Crippen LogP contribution in [-0.4, -0.2) is 17.6 Å². The molecule has 0 saturated heterocycles. The van der Waals surface area contributed by atoms with Gasteiger partial charge in [0.2, 0.25) is 0 Å². The normalized spacial score (nSPS) is 11.1. The van der Waals surface area contributed by atoms with Crippen LogP contribution >= 0.6 is 0 Å². The van der Waals surface area contributed by atoms with Gasteiger partial charge in [0.05, 0.1) is 6.61 Å². The van der Waals surface area contributed by atoms with Crippen molar-refractivity contribution < 1.29 is 9.13 Å². The molecule has 0 aromatic carbocycles. The van der Waals surface area contributed by atoms with Gasteiger partial charge in [-0.3, -0.25) is 0 Å². The minimum atomic E-state index is -0.336. The van der Waals surface area contributed by atoms with Crippen LogP contribution in [-0.2, 0) is 6.54 Å². The van der Waals surface area contributed by atoms with Crippen molar-refractivity contribution >= 4 is 0 Å². The molecular weight excluding hydrogens is 267 g/mol. The van der Waals surface area contributed by atoms with Crippen molar-refractivity contribution in [3.63, 3.8) is 0 Å². The number of hydrogen-bond donors (Lipinski definition) is 1. The highest BCUT2D eigenvalue weighted by molar-refractivity contribution is 5.23. The summed E-state index contributed by atoms with van der Waals surface area (Å²) in [5.41, 5.74) is 0.608. The molecule has 0 bridgehead atoms. The molecule has 0 atom stereocenters. The summed E-state index contributed by atoms with van der Waals surface area (Å²) in [5, 5.41) is 3.20. The van der Waals surface area contributed by atoms with Crippen molar-refractivity contribution in [1.82, 2.24) is 10.3 Å². The summed E-state index contributed by atoms with van der Waals surface area (Å²) in [6.07, 6.45) is 8.75. The molecule has 0 aliphatic carbocycles. The average Bonchev–Trinajstić information content (AvgIpc) is 2.46. The first-order chi connectivity index (χ1) is 10.1. The quantitative estimate of drug-likeness (QED) is 0.612. The van der Waals surface area contributed by atoms with Crippen LogP contribution in [0.5, 0.6) is 5.88 Å². The number of ether oxygens (including phenoxy) is 1. The van der Waals surface area contributed by atoms with E-state index in [0.29, 0.717) is 24.8 Å². The van der Waals surface area contributed by atoms with Gasteiger partial charge in [-0.2, -0.15) is 0 Å². The summed E-state index contributed by atoms with van der Waals surface area (Å²) in [7, 11) is 0. The van der Waals surface area contributed by atoms with Gasteiger partial charge in [-0.15, -0.1) is 0 Å². The SMILES string of the molecule is CCCCCCCCOc1nccc(CNC(C)C)c1F. The van der Waals surface area contributed by atoms with Crippen molar-refractivity contribution in [2.75, 3.05) is 6.61 Å². The van der Waals surface area contributed by atoms with E-state index >= 15 is 0 Å². The lowest BCUT2D eigenvalue weighted by molar-refractivity contribution is 0.276. The number of nitrogens with one attached hydrogen (secondary N) is 1. The number of halogens is 1. The molecule has 0 saturated carbocycles. The molecule has 1 aromatic rings. The van der Waals surface area contributed by atoms with E-state index in [9.17, 15) is 4.39 Å². The maximum atomic E-state index is 14.2. The van der Waals surface area contributed by atoms with Crippen LogP contribution in [0.2, 0.25) is 0 Å². The van der Waals surface area contributed by atoms with E-state index in [1.54, 1.807) is 12.3 Å². The second kappa shape index (κ2) is 10.6. The van der Waals surface area contributed by atoms with Gasteiger partial charge in [0.25, 0.3) is 5.88 Å². The molecular formula is C17H29FN2O. The molecule has 0 spiro atoms. The molecule has 21 heavy (non-hydrogen) atoms. The largest absolute Gasteiger partial charge is 0.476 e. The Morgan fingerprint density at radius 3 is 2.62 bits per heavy atom. The van der Waals surface area contributed by atoms with Gasteiger partial charge < -0.3 is 10.1 Å².